The van der Waals surface area contributed by atoms with Crippen LogP contribution in [0.15, 0.2) is 30.3 Å². The monoisotopic (exact) mass is 345 g/mol. The van der Waals surface area contributed by atoms with E-state index in [1.54, 1.807) is 4.90 Å². The van der Waals surface area contributed by atoms with Crippen LogP contribution in [0.4, 0.5) is 4.79 Å². The molecule has 1 fully saturated rings. The fourth-order valence-corrected chi connectivity index (χ4v) is 2.75. The maximum Gasteiger partial charge on any atom is 0.413 e. The topological polar surface area (TPSA) is 48.0 Å². The van der Waals surface area contributed by atoms with Crippen LogP contribution in [-0.4, -0.2) is 41.1 Å². The third kappa shape index (κ3) is 4.97. The maximum absolute atomic E-state index is 12.7. The summed E-state index contributed by atoms with van der Waals surface area (Å²) in [5.41, 5.74) is -0.389. The van der Waals surface area contributed by atoms with Gasteiger partial charge in [0.1, 0.15) is 17.4 Å². The Labute approximate surface area is 150 Å². The first-order valence-corrected chi connectivity index (χ1v) is 8.42. The molecule has 1 heterocycles. The van der Waals surface area contributed by atoms with Crippen LogP contribution in [-0.2, 0) is 20.8 Å². The molecule has 1 saturated heterocycles. The van der Waals surface area contributed by atoms with Gasteiger partial charge in [0.05, 0.1) is 19.3 Å². The van der Waals surface area contributed by atoms with Crippen LogP contribution in [0, 0.1) is 12.3 Å². The molecule has 0 saturated carbocycles. The summed E-state index contributed by atoms with van der Waals surface area (Å²) in [7, 11) is 0. The lowest BCUT2D eigenvalue weighted by Crippen LogP contribution is -2.53. The lowest BCUT2D eigenvalue weighted by atomic mass is 10.1. The summed E-state index contributed by atoms with van der Waals surface area (Å²) in [6.45, 7) is 9.80. The van der Waals surface area contributed by atoms with Gasteiger partial charge in [-0.3, -0.25) is 4.90 Å². The number of hydrogen-bond donors (Lipinski definition) is 0. The van der Waals surface area contributed by atoms with E-state index in [1.807, 2.05) is 65.0 Å². The Balaban J connectivity index is 2.13. The third-order valence-corrected chi connectivity index (χ3v) is 3.90. The number of terminal acetylenes is 1. The molecule has 0 aromatic heterocycles. The standard InChI is InChI=1S/C20H27NO4/c1-7-17(23-13-15-11-9-8-10-12-15)16-14-24-20(5,6)21(16)18(22)25-19(2,3)4/h1,8-12,16-17H,13-14H2,2-6H3/t16-,17-/m1/s1. The average Bonchev–Trinajstić information content (AvgIpc) is 2.83. The van der Waals surface area contributed by atoms with Crippen LogP contribution in [0.5, 0.6) is 0 Å². The van der Waals surface area contributed by atoms with Crippen LogP contribution >= 0.6 is 0 Å². The van der Waals surface area contributed by atoms with E-state index in [9.17, 15) is 4.79 Å². The second-order valence-corrected chi connectivity index (χ2v) is 7.56. The van der Waals surface area contributed by atoms with E-state index in [4.69, 9.17) is 20.6 Å². The molecular weight excluding hydrogens is 318 g/mol. The molecule has 0 bridgehead atoms. The number of rotatable bonds is 4. The largest absolute Gasteiger partial charge is 0.444 e. The number of carbonyl (C=O) groups excluding carboxylic acids is 1. The first kappa shape index (κ1) is 19.3. The molecule has 5 heteroatoms. The van der Waals surface area contributed by atoms with Crippen molar-refractivity contribution in [2.45, 2.75) is 64.7 Å². The third-order valence-electron chi connectivity index (χ3n) is 3.90. The second-order valence-electron chi connectivity index (χ2n) is 7.56. The summed E-state index contributed by atoms with van der Waals surface area (Å²) in [6.07, 6.45) is 4.64. The van der Waals surface area contributed by atoms with E-state index >= 15 is 0 Å². The minimum Gasteiger partial charge on any atom is -0.444 e. The Morgan fingerprint density at radius 2 is 2.04 bits per heavy atom. The fraction of sp³-hybridized carbons (Fsp3) is 0.550. The van der Waals surface area contributed by atoms with Gasteiger partial charge in [-0.15, -0.1) is 6.42 Å². The normalized spacial score (nSPS) is 20.8. The van der Waals surface area contributed by atoms with Crippen molar-refractivity contribution in [3.63, 3.8) is 0 Å². The smallest absolute Gasteiger partial charge is 0.413 e. The molecule has 136 valence electrons. The van der Waals surface area contributed by atoms with Gasteiger partial charge in [-0.05, 0) is 40.2 Å². The maximum atomic E-state index is 12.7. The lowest BCUT2D eigenvalue weighted by molar-refractivity contribution is -0.0692. The number of amides is 1. The molecule has 1 amide bonds. The lowest BCUT2D eigenvalue weighted by Gasteiger charge is -2.36. The molecule has 2 atom stereocenters. The summed E-state index contributed by atoms with van der Waals surface area (Å²) < 4.78 is 17.2. The average molecular weight is 345 g/mol. The number of benzene rings is 1. The molecule has 2 rings (SSSR count). The SMILES string of the molecule is C#C[C@@H](OCc1ccccc1)[C@H]1COC(C)(C)N1C(=O)OC(C)(C)C. The minimum absolute atomic E-state index is 0.301. The Hall–Kier alpha value is -2.03. The van der Waals surface area contributed by atoms with E-state index in [2.05, 4.69) is 5.92 Å². The number of carbonyl (C=O) groups is 1. The molecule has 0 N–H and O–H groups in total. The Morgan fingerprint density at radius 3 is 2.60 bits per heavy atom. The number of ether oxygens (including phenoxy) is 3. The molecule has 1 aromatic carbocycles. The van der Waals surface area contributed by atoms with Crippen molar-refractivity contribution in [2.75, 3.05) is 6.61 Å². The van der Waals surface area contributed by atoms with Gasteiger partial charge in [0.15, 0.2) is 0 Å². The van der Waals surface area contributed by atoms with E-state index in [1.165, 1.54) is 0 Å². The van der Waals surface area contributed by atoms with Gasteiger partial charge in [0, 0.05) is 0 Å². The van der Waals surface area contributed by atoms with E-state index in [-0.39, 0.29) is 0 Å². The molecule has 0 aliphatic carbocycles. The van der Waals surface area contributed by atoms with Crippen molar-refractivity contribution in [2.24, 2.45) is 0 Å². The molecule has 1 aromatic rings. The predicted molar refractivity (Wildman–Crippen MR) is 95.7 cm³/mol. The van der Waals surface area contributed by atoms with Crippen molar-refractivity contribution in [1.29, 1.82) is 0 Å². The summed E-state index contributed by atoms with van der Waals surface area (Å²) in [5.74, 6) is 2.65. The van der Waals surface area contributed by atoms with Gasteiger partial charge in [0.2, 0.25) is 0 Å². The molecular formula is C20H27NO4. The first-order chi connectivity index (χ1) is 11.6. The predicted octanol–water partition coefficient (Wildman–Crippen LogP) is 3.58. The first-order valence-electron chi connectivity index (χ1n) is 8.42. The molecule has 1 aliphatic heterocycles. The molecule has 5 nitrogen and oxygen atoms in total. The highest BCUT2D eigenvalue weighted by Gasteiger charge is 2.48. The quantitative estimate of drug-likeness (QED) is 0.783. The van der Waals surface area contributed by atoms with Crippen molar-refractivity contribution < 1.29 is 19.0 Å². The molecule has 25 heavy (non-hydrogen) atoms. The van der Waals surface area contributed by atoms with Crippen LogP contribution in [0.1, 0.15) is 40.2 Å². The zero-order valence-electron chi connectivity index (χ0n) is 15.6. The van der Waals surface area contributed by atoms with Crippen LogP contribution in [0.3, 0.4) is 0 Å². The van der Waals surface area contributed by atoms with E-state index in [0.29, 0.717) is 13.2 Å². The van der Waals surface area contributed by atoms with Gasteiger partial charge in [-0.1, -0.05) is 36.3 Å². The zero-order valence-corrected chi connectivity index (χ0v) is 15.6. The van der Waals surface area contributed by atoms with Gasteiger partial charge >= 0.3 is 6.09 Å². The summed E-state index contributed by atoms with van der Waals surface area (Å²) >= 11 is 0. The van der Waals surface area contributed by atoms with Gasteiger partial charge in [-0.2, -0.15) is 0 Å². The van der Waals surface area contributed by atoms with Gasteiger partial charge < -0.3 is 14.2 Å². The second kappa shape index (κ2) is 7.47. The Bertz CT molecular complexity index is 627. The van der Waals surface area contributed by atoms with E-state index < -0.39 is 29.6 Å². The van der Waals surface area contributed by atoms with Crippen LogP contribution in [0.2, 0.25) is 0 Å². The number of nitrogens with zero attached hydrogens (tertiary/aromatic N) is 1. The Morgan fingerprint density at radius 1 is 1.40 bits per heavy atom. The van der Waals surface area contributed by atoms with Crippen LogP contribution < -0.4 is 0 Å². The summed E-state index contributed by atoms with van der Waals surface area (Å²) in [5, 5.41) is 0. The minimum atomic E-state index is -0.807. The van der Waals surface area contributed by atoms with Gasteiger partial charge in [0.25, 0.3) is 0 Å². The van der Waals surface area contributed by atoms with Crippen molar-refractivity contribution in [3.8, 4) is 12.3 Å². The zero-order chi connectivity index (χ0) is 18.7. The van der Waals surface area contributed by atoms with Gasteiger partial charge in [-0.25, -0.2) is 4.79 Å². The highest BCUT2D eigenvalue weighted by atomic mass is 16.6. The molecule has 0 radical (unpaired) electrons. The van der Waals surface area contributed by atoms with Crippen molar-refractivity contribution in [1.82, 2.24) is 4.90 Å². The molecule has 0 unspecified atom stereocenters. The van der Waals surface area contributed by atoms with Crippen molar-refractivity contribution in [3.05, 3.63) is 35.9 Å². The van der Waals surface area contributed by atoms with Crippen LogP contribution in [0.25, 0.3) is 0 Å². The number of hydrogen-bond acceptors (Lipinski definition) is 4. The van der Waals surface area contributed by atoms with Crippen molar-refractivity contribution >= 4 is 6.09 Å². The fourth-order valence-electron chi connectivity index (χ4n) is 2.75. The summed E-state index contributed by atoms with van der Waals surface area (Å²) in [4.78, 5) is 14.2. The summed E-state index contributed by atoms with van der Waals surface area (Å²) in [6, 6.07) is 9.36. The molecule has 1 aliphatic rings. The van der Waals surface area contributed by atoms with E-state index in [0.717, 1.165) is 5.56 Å². The molecule has 0 spiro atoms. The Kier molecular flexibility index (Phi) is 5.76. The highest BCUT2D eigenvalue weighted by Crippen LogP contribution is 2.31. The highest BCUT2D eigenvalue weighted by molar-refractivity contribution is 5.70.